The molecule has 0 aliphatic heterocycles. The monoisotopic (exact) mass is 498 g/mol. The van der Waals surface area contributed by atoms with Crippen molar-refractivity contribution < 1.29 is 24.2 Å². The predicted molar refractivity (Wildman–Crippen MR) is 145 cm³/mol. The van der Waals surface area contributed by atoms with Crippen LogP contribution < -0.4 is 0 Å². The molecule has 0 saturated carbocycles. The molecule has 5 nitrogen and oxygen atoms in total. The molecule has 0 aromatic rings. The van der Waals surface area contributed by atoms with Gasteiger partial charge >= 0.3 is 11.9 Å². The van der Waals surface area contributed by atoms with Gasteiger partial charge < -0.3 is 14.6 Å². The van der Waals surface area contributed by atoms with Gasteiger partial charge in [0.05, 0.1) is 0 Å². The van der Waals surface area contributed by atoms with Gasteiger partial charge in [-0.25, -0.2) is 0 Å². The van der Waals surface area contributed by atoms with Crippen LogP contribution in [0.2, 0.25) is 0 Å². The van der Waals surface area contributed by atoms with Crippen LogP contribution in [-0.4, -0.2) is 36.4 Å². The van der Waals surface area contributed by atoms with E-state index in [1.165, 1.54) is 83.5 Å². The summed E-state index contributed by atoms with van der Waals surface area (Å²) in [7, 11) is 0. The van der Waals surface area contributed by atoms with Crippen molar-refractivity contribution in [1.29, 1.82) is 0 Å². The summed E-state index contributed by atoms with van der Waals surface area (Å²) in [5.41, 5.74) is 0. The fraction of sp³-hybridized carbons (Fsp3) is 0.933. The van der Waals surface area contributed by atoms with Gasteiger partial charge in [0, 0.05) is 12.8 Å². The second-order valence-electron chi connectivity index (χ2n) is 10.5. The zero-order valence-electron chi connectivity index (χ0n) is 23.5. The number of hydrogen-bond donors (Lipinski definition) is 1. The Morgan fingerprint density at radius 2 is 0.971 bits per heavy atom. The number of aliphatic hydroxyl groups is 1. The average molecular weight is 499 g/mol. The fourth-order valence-corrected chi connectivity index (χ4v) is 4.18. The van der Waals surface area contributed by atoms with Crippen LogP contribution in [0.4, 0.5) is 0 Å². The van der Waals surface area contributed by atoms with E-state index in [2.05, 4.69) is 20.8 Å². The first-order chi connectivity index (χ1) is 17.0. The van der Waals surface area contributed by atoms with Gasteiger partial charge in [0.15, 0.2) is 0 Å². The molecular weight excluding hydrogens is 440 g/mol. The minimum absolute atomic E-state index is 0.110. The highest BCUT2D eigenvalue weighted by Crippen LogP contribution is 2.15. The van der Waals surface area contributed by atoms with E-state index in [1.54, 1.807) is 0 Å². The third-order valence-electron chi connectivity index (χ3n) is 6.88. The highest BCUT2D eigenvalue weighted by Gasteiger charge is 2.12. The number of ether oxygens (including phenoxy) is 2. The Morgan fingerprint density at radius 1 is 0.600 bits per heavy atom. The van der Waals surface area contributed by atoms with Crippen molar-refractivity contribution in [1.82, 2.24) is 0 Å². The van der Waals surface area contributed by atoms with Gasteiger partial charge in [-0.3, -0.25) is 9.59 Å². The Hall–Kier alpha value is -1.10. The maximum atomic E-state index is 11.8. The number of rotatable bonds is 26. The number of carbonyl (C=O) groups is 2. The lowest BCUT2D eigenvalue weighted by molar-refractivity contribution is -0.152. The first-order valence-electron chi connectivity index (χ1n) is 15.0. The topological polar surface area (TPSA) is 72.8 Å². The van der Waals surface area contributed by atoms with Gasteiger partial charge in [0.1, 0.15) is 19.3 Å². The number of unbranched alkanes of at least 4 members (excludes halogenated alkanes) is 15. The fourth-order valence-electron chi connectivity index (χ4n) is 4.18. The summed E-state index contributed by atoms with van der Waals surface area (Å²) in [6.07, 6.45) is 22.9. The third kappa shape index (κ3) is 25.8. The lowest BCUT2D eigenvalue weighted by Gasteiger charge is -2.12. The molecule has 1 unspecified atom stereocenters. The second-order valence-corrected chi connectivity index (χ2v) is 10.5. The van der Waals surface area contributed by atoms with E-state index in [4.69, 9.17) is 9.47 Å². The van der Waals surface area contributed by atoms with Crippen LogP contribution in [0, 0.1) is 5.92 Å². The van der Waals surface area contributed by atoms with Crippen LogP contribution >= 0.6 is 0 Å². The van der Waals surface area contributed by atoms with E-state index < -0.39 is 6.10 Å². The van der Waals surface area contributed by atoms with Gasteiger partial charge in [0.25, 0.3) is 0 Å². The molecule has 2 atom stereocenters. The molecule has 208 valence electrons. The van der Waals surface area contributed by atoms with Gasteiger partial charge in [0.2, 0.25) is 0 Å². The number of aliphatic hydroxyl groups excluding tert-OH is 1. The summed E-state index contributed by atoms with van der Waals surface area (Å²) in [5, 5.41) is 9.90. The smallest absolute Gasteiger partial charge is 0.305 e. The highest BCUT2D eigenvalue weighted by molar-refractivity contribution is 5.69. The van der Waals surface area contributed by atoms with Crippen molar-refractivity contribution in [3.05, 3.63) is 0 Å². The summed E-state index contributed by atoms with van der Waals surface area (Å²) in [6, 6.07) is 0. The van der Waals surface area contributed by atoms with Gasteiger partial charge in [-0.2, -0.15) is 0 Å². The minimum Gasteiger partial charge on any atom is -0.463 e. The van der Waals surface area contributed by atoms with E-state index in [0.29, 0.717) is 12.8 Å². The Labute approximate surface area is 217 Å². The van der Waals surface area contributed by atoms with Crippen molar-refractivity contribution in [2.45, 2.75) is 162 Å². The molecule has 35 heavy (non-hydrogen) atoms. The van der Waals surface area contributed by atoms with Crippen LogP contribution in [0.3, 0.4) is 0 Å². The van der Waals surface area contributed by atoms with Crippen molar-refractivity contribution >= 4 is 11.9 Å². The molecule has 0 aliphatic rings. The third-order valence-corrected chi connectivity index (χ3v) is 6.88. The predicted octanol–water partition coefficient (Wildman–Crippen LogP) is 8.30. The van der Waals surface area contributed by atoms with Crippen molar-refractivity contribution in [3.8, 4) is 0 Å². The quantitative estimate of drug-likeness (QED) is 0.0959. The standard InChI is InChI=1S/C30H58O5/c1-4-6-7-8-9-10-14-17-20-23-29(32)34-25-28(31)26-35-30(33)24-21-18-15-12-11-13-16-19-22-27(3)5-2/h27-28,31H,4-26H2,1-3H3/t27?,28-/m0/s1. The largest absolute Gasteiger partial charge is 0.463 e. The zero-order valence-corrected chi connectivity index (χ0v) is 23.5. The van der Waals surface area contributed by atoms with Crippen LogP contribution in [0.1, 0.15) is 156 Å². The van der Waals surface area contributed by atoms with E-state index in [0.717, 1.165) is 44.4 Å². The lowest BCUT2D eigenvalue weighted by Crippen LogP contribution is -2.25. The van der Waals surface area contributed by atoms with Crippen LogP contribution in [0.5, 0.6) is 0 Å². The van der Waals surface area contributed by atoms with Gasteiger partial charge in [-0.1, -0.05) is 130 Å². The molecule has 0 aliphatic carbocycles. The molecule has 0 aromatic heterocycles. The molecule has 0 heterocycles. The van der Waals surface area contributed by atoms with Crippen LogP contribution in [0.15, 0.2) is 0 Å². The van der Waals surface area contributed by atoms with E-state index in [9.17, 15) is 14.7 Å². The second kappa shape index (κ2) is 26.0. The Kier molecular flexibility index (Phi) is 25.2. The summed E-state index contributed by atoms with van der Waals surface area (Å²) >= 11 is 0. The molecule has 0 fully saturated rings. The lowest BCUT2D eigenvalue weighted by atomic mass is 9.99. The Balaban J connectivity index is 3.45. The molecule has 1 N–H and O–H groups in total. The number of hydrogen-bond acceptors (Lipinski definition) is 5. The molecule has 0 bridgehead atoms. The molecule has 0 saturated heterocycles. The van der Waals surface area contributed by atoms with Crippen molar-refractivity contribution in [2.24, 2.45) is 5.92 Å². The maximum absolute atomic E-state index is 11.8. The first-order valence-corrected chi connectivity index (χ1v) is 15.0. The van der Waals surface area contributed by atoms with E-state index in [-0.39, 0.29) is 25.2 Å². The van der Waals surface area contributed by atoms with Gasteiger partial charge in [-0.15, -0.1) is 0 Å². The minimum atomic E-state index is -0.952. The van der Waals surface area contributed by atoms with Crippen molar-refractivity contribution in [3.63, 3.8) is 0 Å². The summed E-state index contributed by atoms with van der Waals surface area (Å²) in [4.78, 5) is 23.6. The average Bonchev–Trinajstić information content (AvgIpc) is 2.86. The normalized spacial score (nSPS) is 12.9. The molecule has 0 rings (SSSR count). The zero-order chi connectivity index (χ0) is 26.0. The molecule has 0 amide bonds. The van der Waals surface area contributed by atoms with Crippen molar-refractivity contribution in [2.75, 3.05) is 13.2 Å². The Morgan fingerprint density at radius 3 is 1.37 bits per heavy atom. The number of carbonyl (C=O) groups excluding carboxylic acids is 2. The maximum Gasteiger partial charge on any atom is 0.305 e. The molecular formula is C30H58O5. The molecule has 0 spiro atoms. The van der Waals surface area contributed by atoms with Crippen LogP contribution in [-0.2, 0) is 19.1 Å². The number of esters is 2. The molecule has 0 radical (unpaired) electrons. The van der Waals surface area contributed by atoms with Crippen LogP contribution in [0.25, 0.3) is 0 Å². The summed E-state index contributed by atoms with van der Waals surface area (Å²) < 4.78 is 10.2. The molecule has 0 aromatic carbocycles. The van der Waals surface area contributed by atoms with E-state index >= 15 is 0 Å². The SMILES string of the molecule is CCCCCCCCCCCC(=O)OC[C@H](O)COC(=O)CCCCCCCCCCC(C)CC. The Bertz CT molecular complexity index is 479. The summed E-state index contributed by atoms with van der Waals surface area (Å²) in [6.45, 7) is 6.60. The molecule has 5 heteroatoms. The summed E-state index contributed by atoms with van der Waals surface area (Å²) in [5.74, 6) is 0.296. The first kappa shape index (κ1) is 33.9. The van der Waals surface area contributed by atoms with Gasteiger partial charge in [-0.05, 0) is 18.8 Å². The highest BCUT2D eigenvalue weighted by atomic mass is 16.6. The van der Waals surface area contributed by atoms with E-state index in [1.807, 2.05) is 0 Å².